The number of amides is 4. The van der Waals surface area contributed by atoms with Crippen molar-refractivity contribution in [2.45, 2.75) is 105 Å². The van der Waals surface area contributed by atoms with Crippen LogP contribution < -0.4 is 21.3 Å². The smallest absolute Gasteiger partial charge is 0.304 e. The third kappa shape index (κ3) is 15.5. The second-order valence-electron chi connectivity index (χ2n) is 11.0. The van der Waals surface area contributed by atoms with Gasteiger partial charge in [0.05, 0.1) is 0 Å². The Bertz CT molecular complexity index is 1130. The molecule has 17 heteroatoms. The van der Waals surface area contributed by atoms with Crippen LogP contribution in [0.15, 0.2) is 5.11 Å². The Labute approximate surface area is 252 Å². The van der Waals surface area contributed by atoms with E-state index in [1.165, 1.54) is 6.92 Å². The van der Waals surface area contributed by atoms with Gasteiger partial charge in [-0.15, -0.1) is 3.89 Å². The van der Waals surface area contributed by atoms with Crippen molar-refractivity contribution < 1.29 is 41.0 Å². The first-order valence-electron chi connectivity index (χ1n) is 14.2. The molecule has 0 saturated heterocycles. The number of nitrogens with one attached hydrogen (secondary N) is 4. The fraction of sp³-hybridized carbons (Fsp3) is 0.808. The quantitative estimate of drug-likeness (QED) is 0.0535. The van der Waals surface area contributed by atoms with Crippen LogP contribution in [0.25, 0.3) is 10.4 Å². The molecule has 0 rings (SSSR count). The summed E-state index contributed by atoms with van der Waals surface area (Å²) >= 11 is 0. The van der Waals surface area contributed by atoms with Gasteiger partial charge < -0.3 is 26.0 Å². The van der Waals surface area contributed by atoms with Gasteiger partial charge >= 0.3 is 16.2 Å². The van der Waals surface area contributed by atoms with E-state index in [1.807, 2.05) is 0 Å². The van der Waals surface area contributed by atoms with E-state index in [1.54, 1.807) is 41.5 Å². The Morgan fingerprint density at radius 2 is 1.30 bits per heavy atom. The monoisotopic (exact) mass is 635 g/mol. The molecule has 0 saturated carbocycles. The standard InChI is InChI=1S/C26H46FN7O8S/c1-9-15(5)21(31-20(36)12-29-34-28)24(37)32-22(16(6)10-2)25(38)33-23(17(7)42-18(8)35)26(39)30-19(11-14(3)4)13-43(27,40)41/h14-17,19,21-23H,9-13H2,1-8H3,(H,30,39)(H,31,36)(H,32,37)(H,33,38)/t15?,16?,17?,19-,21-,22-,23-/m0/s1. The number of halogens is 1. The van der Waals surface area contributed by atoms with Crippen molar-refractivity contribution in [1.82, 2.24) is 21.3 Å². The van der Waals surface area contributed by atoms with Crippen molar-refractivity contribution in [2.75, 3.05) is 12.3 Å². The van der Waals surface area contributed by atoms with Gasteiger partial charge in [-0.2, -0.15) is 8.42 Å². The molecule has 0 spiro atoms. The van der Waals surface area contributed by atoms with Gasteiger partial charge in [0.1, 0.15) is 36.5 Å². The summed E-state index contributed by atoms with van der Waals surface area (Å²) in [6.45, 7) is 12.3. The van der Waals surface area contributed by atoms with Gasteiger partial charge in [0.15, 0.2) is 0 Å². The van der Waals surface area contributed by atoms with Gasteiger partial charge in [-0.05, 0) is 36.6 Å². The van der Waals surface area contributed by atoms with Crippen LogP contribution in [0.5, 0.6) is 0 Å². The normalized spacial score (nSPS) is 16.2. The summed E-state index contributed by atoms with van der Waals surface area (Å²) in [5, 5.41) is 13.2. The van der Waals surface area contributed by atoms with E-state index >= 15 is 0 Å². The number of esters is 1. The van der Waals surface area contributed by atoms with Crippen LogP contribution in [0.1, 0.15) is 74.7 Å². The number of ether oxygens (including phenoxy) is 1. The molecule has 0 heterocycles. The molecule has 0 radical (unpaired) electrons. The molecule has 7 atom stereocenters. The summed E-state index contributed by atoms with van der Waals surface area (Å²) in [6, 6.07) is -4.97. The summed E-state index contributed by atoms with van der Waals surface area (Å²) in [5.74, 6) is -5.85. The van der Waals surface area contributed by atoms with E-state index in [0.717, 1.165) is 6.92 Å². The van der Waals surface area contributed by atoms with Crippen LogP contribution in [0.4, 0.5) is 3.89 Å². The van der Waals surface area contributed by atoms with Gasteiger partial charge in [-0.25, -0.2) is 0 Å². The van der Waals surface area contributed by atoms with E-state index in [-0.39, 0.29) is 18.3 Å². The number of carbonyl (C=O) groups excluding carboxylic acids is 5. The minimum atomic E-state index is -4.96. The number of hydrogen-bond acceptors (Lipinski definition) is 9. The van der Waals surface area contributed by atoms with Crippen molar-refractivity contribution in [2.24, 2.45) is 22.9 Å². The minimum absolute atomic E-state index is 0.103. The summed E-state index contributed by atoms with van der Waals surface area (Å²) in [4.78, 5) is 66.6. The van der Waals surface area contributed by atoms with Crippen LogP contribution in [0.2, 0.25) is 0 Å². The second-order valence-corrected chi connectivity index (χ2v) is 12.4. The lowest BCUT2D eigenvalue weighted by molar-refractivity contribution is -0.150. The molecule has 4 N–H and O–H groups in total. The maximum atomic E-state index is 13.6. The zero-order valence-corrected chi connectivity index (χ0v) is 26.9. The maximum absolute atomic E-state index is 13.6. The summed E-state index contributed by atoms with van der Waals surface area (Å²) in [6.07, 6.45) is -0.236. The third-order valence-electron chi connectivity index (χ3n) is 6.79. The molecule has 0 aromatic carbocycles. The van der Waals surface area contributed by atoms with E-state index in [2.05, 4.69) is 31.3 Å². The first kappa shape index (κ1) is 39.5. The molecule has 3 unspecified atom stereocenters. The first-order chi connectivity index (χ1) is 19.9. The Morgan fingerprint density at radius 3 is 1.72 bits per heavy atom. The zero-order chi connectivity index (χ0) is 33.5. The van der Waals surface area contributed by atoms with Crippen molar-refractivity contribution in [3.05, 3.63) is 10.4 Å². The van der Waals surface area contributed by atoms with Gasteiger partial charge in [-0.1, -0.05) is 59.5 Å². The molecule has 0 aliphatic carbocycles. The molecular formula is C26H46FN7O8S. The lowest BCUT2D eigenvalue weighted by Gasteiger charge is -2.31. The van der Waals surface area contributed by atoms with E-state index in [4.69, 9.17) is 10.3 Å². The molecule has 0 aromatic heterocycles. The molecule has 0 aliphatic rings. The maximum Gasteiger partial charge on any atom is 0.304 e. The first-order valence-corrected chi connectivity index (χ1v) is 15.7. The molecule has 0 aromatic rings. The summed E-state index contributed by atoms with van der Waals surface area (Å²) < 4.78 is 41.3. The molecule has 4 amide bonds. The highest BCUT2D eigenvalue weighted by molar-refractivity contribution is 7.86. The SMILES string of the molecule is CCC(C)[C@H](NC(=O)CN=[N+]=[N-])C(=O)N[C@H](C(=O)N[C@H](C(=O)N[C@@H](CC(C)C)CS(=O)(=O)F)C(C)OC(C)=O)C(C)CC. The second kappa shape index (κ2) is 18.9. The minimum Gasteiger partial charge on any atom is -0.460 e. The van der Waals surface area contributed by atoms with Crippen molar-refractivity contribution in [1.29, 1.82) is 0 Å². The van der Waals surface area contributed by atoms with Crippen LogP contribution in [0.3, 0.4) is 0 Å². The van der Waals surface area contributed by atoms with E-state index in [9.17, 15) is 36.3 Å². The number of azide groups is 1. The van der Waals surface area contributed by atoms with E-state index < -0.39 is 88.3 Å². The van der Waals surface area contributed by atoms with Crippen molar-refractivity contribution >= 4 is 39.8 Å². The van der Waals surface area contributed by atoms with Gasteiger partial charge in [-0.3, -0.25) is 24.0 Å². The zero-order valence-electron chi connectivity index (χ0n) is 26.0. The number of rotatable bonds is 19. The highest BCUT2D eigenvalue weighted by atomic mass is 32.3. The van der Waals surface area contributed by atoms with Gasteiger partial charge in [0.25, 0.3) is 0 Å². The van der Waals surface area contributed by atoms with Crippen molar-refractivity contribution in [3.63, 3.8) is 0 Å². The third-order valence-corrected chi connectivity index (χ3v) is 7.59. The largest absolute Gasteiger partial charge is 0.460 e. The fourth-order valence-electron chi connectivity index (χ4n) is 4.20. The highest BCUT2D eigenvalue weighted by Crippen LogP contribution is 2.14. The fourth-order valence-corrected chi connectivity index (χ4v) is 4.90. The number of nitrogens with zero attached hydrogens (tertiary/aromatic N) is 3. The predicted octanol–water partition coefficient (Wildman–Crippen LogP) is 1.63. The number of carbonyl (C=O) groups is 5. The van der Waals surface area contributed by atoms with Gasteiger partial charge in [0, 0.05) is 17.9 Å². The molecular weight excluding hydrogens is 589 g/mol. The Morgan fingerprint density at radius 1 is 0.837 bits per heavy atom. The van der Waals surface area contributed by atoms with Crippen LogP contribution in [0, 0.1) is 17.8 Å². The topological polar surface area (TPSA) is 226 Å². The van der Waals surface area contributed by atoms with E-state index in [0.29, 0.717) is 12.8 Å². The van der Waals surface area contributed by atoms with Gasteiger partial charge in [0.2, 0.25) is 23.6 Å². The average molecular weight is 636 g/mol. The van der Waals surface area contributed by atoms with Crippen molar-refractivity contribution in [3.8, 4) is 0 Å². The lowest BCUT2D eigenvalue weighted by Crippen LogP contribution is -2.62. The highest BCUT2D eigenvalue weighted by Gasteiger charge is 2.37. The number of hydrogen-bond donors (Lipinski definition) is 4. The molecule has 246 valence electrons. The van der Waals surface area contributed by atoms with Crippen LogP contribution in [-0.2, 0) is 38.9 Å². The Balaban J connectivity index is 6.22. The lowest BCUT2D eigenvalue weighted by atomic mass is 9.94. The predicted molar refractivity (Wildman–Crippen MR) is 156 cm³/mol. The summed E-state index contributed by atoms with van der Waals surface area (Å²) in [7, 11) is -4.96. The molecule has 43 heavy (non-hydrogen) atoms. The summed E-state index contributed by atoms with van der Waals surface area (Å²) in [5.41, 5.74) is 8.47. The molecule has 0 bridgehead atoms. The van der Waals surface area contributed by atoms with Crippen LogP contribution in [-0.4, -0.2) is 80.6 Å². The average Bonchev–Trinajstić information content (AvgIpc) is 2.88. The Kier molecular flexibility index (Phi) is 17.4. The molecule has 0 fully saturated rings. The molecule has 0 aliphatic heterocycles. The van der Waals surface area contributed by atoms with Crippen LogP contribution >= 0.6 is 0 Å². The Hall–Kier alpha value is -3.46. The molecule has 15 nitrogen and oxygen atoms in total.